The largest absolute Gasteiger partial charge is 0.494 e. The number of hydrogen-bond acceptors (Lipinski definition) is 21. The number of anilines is 1. The molecule has 80 heavy (non-hydrogen) atoms. The van der Waals surface area contributed by atoms with E-state index < -0.39 is 48.3 Å². The molecule has 3 heterocycles. The summed E-state index contributed by atoms with van der Waals surface area (Å²) >= 11 is 5.19. The van der Waals surface area contributed by atoms with Crippen LogP contribution in [-0.2, 0) is 46.5 Å². The Morgan fingerprint density at radius 3 is 1.50 bits per heavy atom. The molecule has 0 radical (unpaired) electrons. The first kappa shape index (κ1) is 63.0. The van der Waals surface area contributed by atoms with Gasteiger partial charge in [0.2, 0.25) is 10.0 Å². The summed E-state index contributed by atoms with van der Waals surface area (Å²) in [5.74, 6) is 3.64. The number of sulfone groups is 1. The Bertz CT molecular complexity index is 3260. The van der Waals surface area contributed by atoms with E-state index in [4.69, 9.17) is 55.8 Å². The van der Waals surface area contributed by atoms with Crippen molar-refractivity contribution in [3.8, 4) is 40.2 Å². The van der Waals surface area contributed by atoms with E-state index in [1.807, 2.05) is 62.4 Å². The van der Waals surface area contributed by atoms with E-state index in [1.54, 1.807) is 84.8 Å². The van der Waals surface area contributed by atoms with E-state index in [1.165, 1.54) is 49.6 Å². The van der Waals surface area contributed by atoms with Crippen LogP contribution in [0.1, 0.15) is 60.5 Å². The number of aryl methyl sites for hydroxylation is 2. The van der Waals surface area contributed by atoms with Crippen LogP contribution in [0.4, 0.5) is 5.69 Å². The molecule has 0 saturated carbocycles. The highest BCUT2D eigenvalue weighted by Crippen LogP contribution is 2.36. The molecular weight excluding hydrogens is 1090 g/mol. The molecule has 0 spiro atoms. The molecule has 0 saturated heterocycles. The molecule has 0 fully saturated rings. The number of ketones is 1. The zero-order chi connectivity index (χ0) is 58.4. The number of sulfonamides is 1. The molecule has 23 nitrogen and oxygen atoms in total. The maximum Gasteiger partial charge on any atom is 0.240 e. The number of nitrogens with zero attached hydrogens (tertiary/aromatic N) is 7. The highest BCUT2D eigenvalue weighted by Gasteiger charge is 2.36. The van der Waals surface area contributed by atoms with Crippen LogP contribution in [0, 0.1) is 13.8 Å². The lowest BCUT2D eigenvalue weighted by Crippen LogP contribution is -2.42. The van der Waals surface area contributed by atoms with Crippen molar-refractivity contribution in [2.45, 2.75) is 62.8 Å². The van der Waals surface area contributed by atoms with Crippen LogP contribution in [0.15, 0.2) is 122 Å². The van der Waals surface area contributed by atoms with Crippen molar-refractivity contribution in [2.24, 2.45) is 5.73 Å². The fourth-order valence-corrected chi connectivity index (χ4v) is 10.3. The number of carbonyl (C=O) groups is 1. The molecule has 428 valence electrons. The first-order valence-electron chi connectivity index (χ1n) is 24.4. The zero-order valence-corrected chi connectivity index (χ0v) is 48.4. The number of aromatic nitrogens is 7. The SMILES string of the molecule is COc1cccc(OC)c1-n1c(COc2ccccc2)nnc1CS(=O)(=O)[C@@H](C)[C@H](OC)c1ncc(C)cn1.COc1cccc(OC)c1NC(=S)NS(=O)(=O)[C@@H](C)[C@H](OC)c1ncc(C)cn1.NCC(=O)COc1ccccc1. The number of nitrogens with two attached hydrogens (primary N) is 1. The van der Waals surface area contributed by atoms with E-state index in [9.17, 15) is 21.6 Å². The summed E-state index contributed by atoms with van der Waals surface area (Å²) < 4.78 is 101. The lowest BCUT2D eigenvalue weighted by atomic mass is 10.2. The smallest absolute Gasteiger partial charge is 0.240 e. The van der Waals surface area contributed by atoms with Gasteiger partial charge in [-0.25, -0.2) is 36.8 Å². The van der Waals surface area contributed by atoms with Gasteiger partial charge in [0.1, 0.15) is 82.3 Å². The number of carbonyl (C=O) groups excluding carboxylic acids is 1. The molecule has 7 aromatic rings. The van der Waals surface area contributed by atoms with Crippen LogP contribution in [0.3, 0.4) is 0 Å². The molecule has 7 rings (SSSR count). The molecule has 4 aromatic carbocycles. The summed E-state index contributed by atoms with van der Waals surface area (Å²) in [7, 11) is 1.06. The summed E-state index contributed by atoms with van der Waals surface area (Å²) in [4.78, 5) is 27.6. The number of benzene rings is 4. The molecule has 0 bridgehead atoms. The highest BCUT2D eigenvalue weighted by atomic mass is 32.2. The minimum Gasteiger partial charge on any atom is -0.494 e. The minimum atomic E-state index is -3.93. The third-order valence-corrected chi connectivity index (χ3v) is 15.8. The van der Waals surface area contributed by atoms with E-state index in [2.05, 4.69) is 40.2 Å². The topological polar surface area (TPSA) is 292 Å². The summed E-state index contributed by atoms with van der Waals surface area (Å²) in [5, 5.41) is 9.22. The molecule has 0 aliphatic carbocycles. The lowest BCUT2D eigenvalue weighted by molar-refractivity contribution is -0.119. The summed E-state index contributed by atoms with van der Waals surface area (Å²) in [6.45, 7) is 6.86. The molecule has 0 aliphatic rings. The van der Waals surface area contributed by atoms with Gasteiger partial charge in [0, 0.05) is 39.0 Å². The van der Waals surface area contributed by atoms with E-state index in [-0.39, 0.29) is 48.1 Å². The molecule has 0 unspecified atom stereocenters. The van der Waals surface area contributed by atoms with Crippen molar-refractivity contribution in [2.75, 3.05) is 61.1 Å². The van der Waals surface area contributed by atoms with Gasteiger partial charge in [-0.3, -0.25) is 14.1 Å². The van der Waals surface area contributed by atoms with Gasteiger partial charge in [-0.15, -0.1) is 10.2 Å². The van der Waals surface area contributed by atoms with Crippen molar-refractivity contribution >= 4 is 48.7 Å². The zero-order valence-electron chi connectivity index (χ0n) is 45.9. The second-order valence-electron chi connectivity index (χ2n) is 17.2. The number of methoxy groups -OCH3 is 6. The predicted molar refractivity (Wildman–Crippen MR) is 304 cm³/mol. The van der Waals surface area contributed by atoms with Crippen LogP contribution >= 0.6 is 12.2 Å². The highest BCUT2D eigenvalue weighted by molar-refractivity contribution is 7.92. The predicted octanol–water partition coefficient (Wildman–Crippen LogP) is 6.44. The molecule has 0 amide bonds. The van der Waals surface area contributed by atoms with Gasteiger partial charge in [0.15, 0.2) is 44.0 Å². The number of thiocarbonyl (C=S) groups is 1. The van der Waals surface area contributed by atoms with Gasteiger partial charge in [-0.2, -0.15) is 0 Å². The van der Waals surface area contributed by atoms with Gasteiger partial charge >= 0.3 is 0 Å². The molecule has 4 atom stereocenters. The molecular formula is C54H66N10O13S3. The van der Waals surface area contributed by atoms with Gasteiger partial charge < -0.3 is 48.9 Å². The monoisotopic (exact) mass is 1160 g/mol. The summed E-state index contributed by atoms with van der Waals surface area (Å²) in [5.41, 5.74) is 7.68. The van der Waals surface area contributed by atoms with Crippen molar-refractivity contribution in [1.29, 1.82) is 0 Å². The number of para-hydroxylation sites is 4. The Morgan fingerprint density at radius 2 is 1.05 bits per heavy atom. The van der Waals surface area contributed by atoms with Gasteiger partial charge in [-0.05, 0) is 99.6 Å². The van der Waals surface area contributed by atoms with E-state index >= 15 is 0 Å². The van der Waals surface area contributed by atoms with Gasteiger partial charge in [0.05, 0.1) is 40.2 Å². The van der Waals surface area contributed by atoms with Crippen LogP contribution < -0.4 is 44.2 Å². The van der Waals surface area contributed by atoms with Crippen molar-refractivity contribution in [3.63, 3.8) is 0 Å². The Labute approximate surface area is 471 Å². The normalized spacial score (nSPS) is 12.6. The van der Waals surface area contributed by atoms with Crippen LogP contribution in [0.5, 0.6) is 34.5 Å². The maximum absolute atomic E-state index is 13.7. The fourth-order valence-electron chi connectivity index (χ4n) is 7.37. The van der Waals surface area contributed by atoms with Crippen molar-refractivity contribution in [1.82, 2.24) is 39.4 Å². The van der Waals surface area contributed by atoms with Crippen LogP contribution in [-0.4, -0.2) is 129 Å². The number of ether oxygens (including phenoxy) is 8. The van der Waals surface area contributed by atoms with Gasteiger partial charge in [0.25, 0.3) is 0 Å². The van der Waals surface area contributed by atoms with Crippen molar-refractivity contribution < 1.29 is 59.5 Å². The molecule has 0 aliphatic heterocycles. The average Bonchev–Trinajstić information content (AvgIpc) is 3.92. The van der Waals surface area contributed by atoms with E-state index in [0.717, 1.165) is 11.1 Å². The third kappa shape index (κ3) is 17.3. The second-order valence-corrected chi connectivity index (χ2v) is 22.0. The number of hydrogen-bond donors (Lipinski definition) is 3. The number of nitrogens with one attached hydrogen (secondary N) is 2. The quantitative estimate of drug-likeness (QED) is 0.0548. The number of Topliss-reactive ketones (excluding diaryl/α,β-unsaturated/α-hetero) is 1. The maximum atomic E-state index is 13.7. The minimum absolute atomic E-state index is 0.0196. The van der Waals surface area contributed by atoms with Crippen molar-refractivity contribution in [3.05, 3.63) is 156 Å². The Kier molecular flexibility index (Phi) is 24.0. The van der Waals surface area contributed by atoms with Gasteiger partial charge in [-0.1, -0.05) is 48.5 Å². The standard InChI is InChI=1S/C27H31N5O6S.C18H24N4O5S2.C9H11NO2/c1-18-14-28-27(29-15-18)26(37-5)19(2)39(33,34)17-24-31-30-23(16-38-20-10-7-6-8-11-20)32(24)25-21(35-3)12-9-13-22(25)36-4;1-11-9-19-17(20-10-11)16(27-5)12(2)29(23,24)22-18(28)21-15-13(25-3)7-6-8-14(15)26-4;10-6-8(11)7-12-9-4-2-1-3-5-9/h6-15,19,26H,16-17H2,1-5H3;6-10,12,16H,1-5H3,(H2,21,22,28);1-5H,6-7,10H2/t19-,26-;12-,16-;/m00./s1. The lowest BCUT2D eigenvalue weighted by Gasteiger charge is -2.23. The van der Waals surface area contributed by atoms with E-state index in [0.29, 0.717) is 51.7 Å². The summed E-state index contributed by atoms with van der Waals surface area (Å²) in [6, 6.07) is 28.8. The number of rotatable bonds is 24. The fraction of sp³-hybridized carbons (Fsp3) is 0.333. The average molecular weight is 1160 g/mol. The molecule has 26 heteroatoms. The Hall–Kier alpha value is -7.88. The first-order chi connectivity index (χ1) is 38.3. The Balaban J connectivity index is 0.000000250. The first-order valence-corrected chi connectivity index (χ1v) is 28.1. The summed E-state index contributed by atoms with van der Waals surface area (Å²) in [6.07, 6.45) is 4.68. The molecule has 4 N–H and O–H groups in total. The second kappa shape index (κ2) is 30.5. The van der Waals surface area contributed by atoms with Crippen LogP contribution in [0.25, 0.3) is 5.69 Å². The third-order valence-electron chi connectivity index (χ3n) is 11.7. The Morgan fingerprint density at radius 1 is 0.613 bits per heavy atom. The van der Waals surface area contributed by atoms with Crippen LogP contribution in [0.2, 0.25) is 0 Å². The molecule has 3 aromatic heterocycles.